The number of carbonyl (C=O) groups excluding carboxylic acids is 1. The lowest BCUT2D eigenvalue weighted by Crippen LogP contribution is -2.17. The van der Waals surface area contributed by atoms with Crippen molar-refractivity contribution in [3.63, 3.8) is 0 Å². The van der Waals surface area contributed by atoms with Crippen molar-refractivity contribution in [2.75, 3.05) is 0 Å². The van der Waals surface area contributed by atoms with Gasteiger partial charge in [-0.1, -0.05) is 24.3 Å². The minimum Gasteiger partial charge on any atom is -0.507 e. The first-order valence-corrected chi connectivity index (χ1v) is 8.91. The Morgan fingerprint density at radius 2 is 1.73 bits per heavy atom. The SMILES string of the molecule is O=C(N/N=C\c1ccc(-c2ccc([N+](=O)[O-])cc2)o1)c1cc2ccccc2cc1O. The fourth-order valence-electron chi connectivity index (χ4n) is 2.95. The van der Waals surface area contributed by atoms with Gasteiger partial charge in [-0.05, 0) is 47.2 Å². The van der Waals surface area contributed by atoms with Crippen LogP contribution in [-0.4, -0.2) is 22.2 Å². The number of nitrogens with one attached hydrogen (secondary N) is 1. The molecule has 1 aromatic heterocycles. The molecule has 2 N–H and O–H groups in total. The zero-order valence-electron chi connectivity index (χ0n) is 15.5. The number of phenolic OH excluding ortho intramolecular Hbond substituents is 1. The van der Waals surface area contributed by atoms with Gasteiger partial charge >= 0.3 is 0 Å². The number of fused-ring (bicyclic) bond motifs is 1. The first-order valence-electron chi connectivity index (χ1n) is 8.91. The Labute approximate surface area is 170 Å². The summed E-state index contributed by atoms with van der Waals surface area (Å²) in [6.07, 6.45) is 1.32. The van der Waals surface area contributed by atoms with Crippen LogP contribution in [0.2, 0.25) is 0 Å². The van der Waals surface area contributed by atoms with Gasteiger partial charge in [-0.3, -0.25) is 14.9 Å². The van der Waals surface area contributed by atoms with Crippen molar-refractivity contribution in [3.8, 4) is 17.1 Å². The number of rotatable bonds is 5. The molecule has 0 aliphatic rings. The Balaban J connectivity index is 1.45. The van der Waals surface area contributed by atoms with E-state index in [1.54, 1.807) is 30.3 Å². The highest BCUT2D eigenvalue weighted by Gasteiger charge is 2.12. The van der Waals surface area contributed by atoms with Crippen LogP contribution in [-0.2, 0) is 0 Å². The van der Waals surface area contributed by atoms with Gasteiger partial charge in [0.15, 0.2) is 0 Å². The number of amides is 1. The van der Waals surface area contributed by atoms with E-state index in [0.717, 1.165) is 10.8 Å². The van der Waals surface area contributed by atoms with Crippen LogP contribution in [0.25, 0.3) is 22.1 Å². The van der Waals surface area contributed by atoms with Gasteiger partial charge in [-0.25, -0.2) is 5.43 Å². The lowest BCUT2D eigenvalue weighted by atomic mass is 10.1. The van der Waals surface area contributed by atoms with Gasteiger partial charge in [0, 0.05) is 17.7 Å². The average molecular weight is 401 g/mol. The monoisotopic (exact) mass is 401 g/mol. The van der Waals surface area contributed by atoms with Crippen molar-refractivity contribution >= 4 is 28.6 Å². The summed E-state index contributed by atoms with van der Waals surface area (Å²) >= 11 is 0. The molecule has 1 amide bonds. The smallest absolute Gasteiger partial charge is 0.275 e. The maximum atomic E-state index is 12.3. The number of phenols is 1. The Bertz CT molecular complexity index is 1280. The highest BCUT2D eigenvalue weighted by atomic mass is 16.6. The van der Waals surface area contributed by atoms with E-state index in [1.165, 1.54) is 24.4 Å². The number of hydrogen-bond donors (Lipinski definition) is 2. The van der Waals surface area contributed by atoms with Crippen LogP contribution in [0.5, 0.6) is 5.75 Å². The van der Waals surface area contributed by atoms with Crippen LogP contribution in [0.1, 0.15) is 16.1 Å². The quantitative estimate of drug-likeness (QED) is 0.290. The number of aromatic hydroxyl groups is 1. The van der Waals surface area contributed by atoms with Crippen molar-refractivity contribution in [1.82, 2.24) is 5.43 Å². The summed E-state index contributed by atoms with van der Waals surface area (Å²) in [6, 6.07) is 19.8. The zero-order valence-corrected chi connectivity index (χ0v) is 15.5. The van der Waals surface area contributed by atoms with Gasteiger partial charge in [0.2, 0.25) is 0 Å². The summed E-state index contributed by atoms with van der Waals surface area (Å²) in [5, 5.41) is 26.3. The minimum atomic E-state index is -0.559. The number of benzene rings is 3. The second-order valence-corrected chi connectivity index (χ2v) is 6.42. The number of hydrogen-bond acceptors (Lipinski definition) is 6. The van der Waals surface area contributed by atoms with Crippen LogP contribution in [0.15, 0.2) is 82.3 Å². The van der Waals surface area contributed by atoms with Gasteiger partial charge < -0.3 is 9.52 Å². The van der Waals surface area contributed by atoms with Gasteiger partial charge in [-0.2, -0.15) is 5.10 Å². The molecule has 3 aromatic carbocycles. The second-order valence-electron chi connectivity index (χ2n) is 6.42. The van der Waals surface area contributed by atoms with E-state index in [1.807, 2.05) is 24.3 Å². The number of furan rings is 1. The topological polar surface area (TPSA) is 118 Å². The molecule has 1 heterocycles. The molecule has 0 fully saturated rings. The molecule has 0 radical (unpaired) electrons. The predicted molar refractivity (Wildman–Crippen MR) is 111 cm³/mol. The normalized spacial score (nSPS) is 11.1. The summed E-state index contributed by atoms with van der Waals surface area (Å²) < 4.78 is 5.62. The molecule has 0 saturated carbocycles. The van der Waals surface area contributed by atoms with Gasteiger partial charge in [0.1, 0.15) is 17.3 Å². The average Bonchev–Trinajstić information content (AvgIpc) is 3.22. The fourth-order valence-corrected chi connectivity index (χ4v) is 2.95. The Kier molecular flexibility index (Phi) is 4.96. The highest BCUT2D eigenvalue weighted by Crippen LogP contribution is 2.25. The summed E-state index contributed by atoms with van der Waals surface area (Å²) in [4.78, 5) is 22.6. The molecule has 4 rings (SSSR count). The molecule has 0 unspecified atom stereocenters. The van der Waals surface area contributed by atoms with Crippen molar-refractivity contribution in [2.24, 2.45) is 5.10 Å². The lowest BCUT2D eigenvalue weighted by molar-refractivity contribution is -0.384. The van der Waals surface area contributed by atoms with Crippen molar-refractivity contribution < 1.29 is 19.2 Å². The maximum Gasteiger partial charge on any atom is 0.275 e. The summed E-state index contributed by atoms with van der Waals surface area (Å²) in [6.45, 7) is 0. The molecule has 148 valence electrons. The molecule has 0 saturated heterocycles. The molecule has 0 atom stereocenters. The standard InChI is InChI=1S/C22H15N3O5/c26-20-12-16-4-2-1-3-15(16)11-19(20)22(27)24-23-13-18-9-10-21(30-18)14-5-7-17(8-6-14)25(28)29/h1-13,26H,(H,24,27)/b23-13-. The van der Waals surface area contributed by atoms with Crippen LogP contribution in [0.4, 0.5) is 5.69 Å². The summed E-state index contributed by atoms with van der Waals surface area (Å²) in [5.41, 5.74) is 3.13. The third-order valence-corrected chi connectivity index (χ3v) is 4.46. The number of hydrazone groups is 1. The van der Waals surface area contributed by atoms with Gasteiger partial charge in [0.25, 0.3) is 11.6 Å². The zero-order chi connectivity index (χ0) is 21.1. The van der Waals surface area contributed by atoms with Gasteiger partial charge in [-0.15, -0.1) is 0 Å². The van der Waals surface area contributed by atoms with Crippen molar-refractivity contribution in [3.05, 3.63) is 94.2 Å². The number of nitro benzene ring substituents is 1. The van der Waals surface area contributed by atoms with E-state index in [0.29, 0.717) is 17.1 Å². The van der Waals surface area contributed by atoms with E-state index in [9.17, 15) is 20.0 Å². The Morgan fingerprint density at radius 3 is 2.43 bits per heavy atom. The van der Waals surface area contributed by atoms with E-state index in [-0.39, 0.29) is 17.0 Å². The minimum absolute atomic E-state index is 0.00764. The molecule has 30 heavy (non-hydrogen) atoms. The molecular formula is C22H15N3O5. The van der Waals surface area contributed by atoms with E-state index >= 15 is 0 Å². The number of carbonyl (C=O) groups is 1. The fraction of sp³-hybridized carbons (Fsp3) is 0. The largest absolute Gasteiger partial charge is 0.507 e. The lowest BCUT2D eigenvalue weighted by Gasteiger charge is -2.05. The summed E-state index contributed by atoms with van der Waals surface area (Å²) in [5.74, 6) is 0.188. The van der Waals surface area contributed by atoms with Crippen molar-refractivity contribution in [1.29, 1.82) is 0 Å². The molecular weight excluding hydrogens is 386 g/mol. The molecule has 0 aliphatic heterocycles. The second kappa shape index (κ2) is 7.88. The van der Waals surface area contributed by atoms with E-state index in [4.69, 9.17) is 4.42 Å². The highest BCUT2D eigenvalue weighted by molar-refractivity contribution is 6.01. The molecule has 0 bridgehead atoms. The van der Waals surface area contributed by atoms with Crippen LogP contribution in [0, 0.1) is 10.1 Å². The third kappa shape index (κ3) is 3.88. The van der Waals surface area contributed by atoms with Crippen molar-refractivity contribution in [2.45, 2.75) is 0 Å². The van der Waals surface area contributed by atoms with Crippen LogP contribution < -0.4 is 5.43 Å². The first kappa shape index (κ1) is 18.9. The number of non-ortho nitro benzene ring substituents is 1. The Hall–Kier alpha value is -4.46. The molecule has 4 aromatic rings. The number of nitro groups is 1. The van der Waals surface area contributed by atoms with Crippen LogP contribution >= 0.6 is 0 Å². The first-order chi connectivity index (χ1) is 14.5. The van der Waals surface area contributed by atoms with E-state index in [2.05, 4.69) is 10.5 Å². The predicted octanol–water partition coefficient (Wildman–Crippen LogP) is 4.48. The number of nitrogens with zero attached hydrogens (tertiary/aromatic N) is 2. The maximum absolute atomic E-state index is 12.3. The summed E-state index contributed by atoms with van der Waals surface area (Å²) in [7, 11) is 0. The Morgan fingerprint density at radius 1 is 1.03 bits per heavy atom. The van der Waals surface area contributed by atoms with Crippen LogP contribution in [0.3, 0.4) is 0 Å². The molecule has 8 nitrogen and oxygen atoms in total. The molecule has 8 heteroatoms. The molecule has 0 spiro atoms. The third-order valence-electron chi connectivity index (χ3n) is 4.46. The molecule has 0 aliphatic carbocycles. The van der Waals surface area contributed by atoms with E-state index < -0.39 is 10.8 Å². The van der Waals surface area contributed by atoms with Gasteiger partial charge in [0.05, 0.1) is 16.7 Å².